The van der Waals surface area contributed by atoms with Crippen LogP contribution in [0.4, 0.5) is 13.2 Å². The van der Waals surface area contributed by atoms with E-state index in [1.165, 1.54) is 25.1 Å². The minimum atomic E-state index is -4.57. The summed E-state index contributed by atoms with van der Waals surface area (Å²) in [5.74, 6) is -1.12. The third kappa shape index (κ3) is 5.85. The van der Waals surface area contributed by atoms with Crippen molar-refractivity contribution in [2.24, 2.45) is 5.16 Å². The van der Waals surface area contributed by atoms with Crippen LogP contribution in [0, 0.1) is 0 Å². The number of oxime groups is 1. The summed E-state index contributed by atoms with van der Waals surface area (Å²) in [7, 11) is 0. The molecule has 2 rings (SSSR count). The van der Waals surface area contributed by atoms with Gasteiger partial charge < -0.3 is 14.7 Å². The Kier molecular flexibility index (Phi) is 7.66. The highest BCUT2D eigenvalue weighted by atomic mass is 35.5. The monoisotopic (exact) mass is 444 g/mol. The molecule has 1 aromatic heterocycles. The Bertz CT molecular complexity index is 942. The van der Waals surface area contributed by atoms with E-state index >= 15 is 0 Å². The number of phenolic OH excluding ortho intramolecular Hbond substituents is 1. The Morgan fingerprint density at radius 3 is 2.47 bits per heavy atom. The lowest BCUT2D eigenvalue weighted by molar-refractivity contribution is -0.151. The van der Waals surface area contributed by atoms with Crippen LogP contribution in [0.15, 0.2) is 35.6 Å². The quantitative estimate of drug-likeness (QED) is 0.341. The fourth-order valence-electron chi connectivity index (χ4n) is 2.37. The Labute approximate surface area is 176 Å². The lowest BCUT2D eigenvalue weighted by Gasteiger charge is -2.14. The molecule has 10 heteroatoms. The van der Waals surface area contributed by atoms with Gasteiger partial charge in [-0.25, -0.2) is 4.79 Å². The van der Waals surface area contributed by atoms with E-state index in [1.807, 2.05) is 13.8 Å². The molecule has 0 amide bonds. The van der Waals surface area contributed by atoms with Gasteiger partial charge in [0.25, 0.3) is 0 Å². The SMILES string of the molecule is CCC(CC)=NOC(=O)C(C)Oc1ccc(-c2ncc(C(F)(F)F)cc2Cl)cc1O. The van der Waals surface area contributed by atoms with Crippen LogP contribution >= 0.6 is 11.6 Å². The van der Waals surface area contributed by atoms with Crippen molar-refractivity contribution in [3.8, 4) is 22.8 Å². The van der Waals surface area contributed by atoms with E-state index in [0.29, 0.717) is 24.8 Å². The van der Waals surface area contributed by atoms with Crippen molar-refractivity contribution < 1.29 is 32.6 Å². The predicted molar refractivity (Wildman–Crippen MR) is 106 cm³/mol. The van der Waals surface area contributed by atoms with Gasteiger partial charge in [-0.1, -0.05) is 30.6 Å². The van der Waals surface area contributed by atoms with Gasteiger partial charge in [0.15, 0.2) is 17.6 Å². The lowest BCUT2D eigenvalue weighted by Crippen LogP contribution is -2.25. The van der Waals surface area contributed by atoms with Gasteiger partial charge in [0.1, 0.15) is 0 Å². The summed E-state index contributed by atoms with van der Waals surface area (Å²) in [5.41, 5.74) is 0.0577. The molecule has 1 atom stereocenters. The molecule has 6 nitrogen and oxygen atoms in total. The van der Waals surface area contributed by atoms with E-state index in [4.69, 9.17) is 21.2 Å². The van der Waals surface area contributed by atoms with Gasteiger partial charge in [0, 0.05) is 11.8 Å². The van der Waals surface area contributed by atoms with E-state index in [-0.39, 0.29) is 27.8 Å². The highest BCUT2D eigenvalue weighted by Crippen LogP contribution is 2.37. The summed E-state index contributed by atoms with van der Waals surface area (Å²) in [5, 5.41) is 13.7. The van der Waals surface area contributed by atoms with Crippen molar-refractivity contribution in [1.82, 2.24) is 4.98 Å². The number of phenols is 1. The first-order chi connectivity index (χ1) is 14.1. The minimum Gasteiger partial charge on any atom is -0.504 e. The van der Waals surface area contributed by atoms with Gasteiger partial charge in [-0.2, -0.15) is 13.2 Å². The fourth-order valence-corrected chi connectivity index (χ4v) is 2.65. The van der Waals surface area contributed by atoms with Crippen LogP contribution in [-0.2, 0) is 15.8 Å². The number of carbonyl (C=O) groups excluding carboxylic acids is 1. The molecule has 0 spiro atoms. The number of halogens is 4. The summed E-state index contributed by atoms with van der Waals surface area (Å²) in [6.07, 6.45) is -3.70. The largest absolute Gasteiger partial charge is 0.504 e. The number of hydrogen-bond acceptors (Lipinski definition) is 6. The van der Waals surface area contributed by atoms with E-state index in [2.05, 4.69) is 10.1 Å². The molecular formula is C20H20ClF3N2O4. The molecule has 1 heterocycles. The van der Waals surface area contributed by atoms with E-state index < -0.39 is 23.8 Å². The number of benzene rings is 1. The number of aromatic hydroxyl groups is 1. The first kappa shape index (κ1) is 23.5. The molecule has 0 bridgehead atoms. The molecule has 0 radical (unpaired) electrons. The predicted octanol–water partition coefficient (Wildman–Crippen LogP) is 5.61. The van der Waals surface area contributed by atoms with Crippen LogP contribution in [0.2, 0.25) is 5.02 Å². The molecule has 30 heavy (non-hydrogen) atoms. The Balaban J connectivity index is 2.16. The molecule has 1 N–H and O–H groups in total. The van der Waals surface area contributed by atoms with Crippen molar-refractivity contribution in [1.29, 1.82) is 0 Å². The number of alkyl halides is 3. The average molecular weight is 445 g/mol. The summed E-state index contributed by atoms with van der Waals surface area (Å²) in [6.45, 7) is 5.19. The average Bonchev–Trinajstić information content (AvgIpc) is 2.69. The van der Waals surface area contributed by atoms with Gasteiger partial charge in [-0.05, 0) is 44.0 Å². The maximum Gasteiger partial charge on any atom is 0.417 e. The smallest absolute Gasteiger partial charge is 0.417 e. The first-order valence-corrected chi connectivity index (χ1v) is 9.43. The number of aromatic nitrogens is 1. The molecule has 0 saturated carbocycles. The van der Waals surface area contributed by atoms with Crippen molar-refractivity contribution in [3.63, 3.8) is 0 Å². The molecule has 0 saturated heterocycles. The maximum atomic E-state index is 12.7. The second-order valence-electron chi connectivity index (χ2n) is 6.27. The summed E-state index contributed by atoms with van der Waals surface area (Å²) < 4.78 is 43.6. The number of rotatable bonds is 7. The molecule has 0 aliphatic carbocycles. The highest BCUT2D eigenvalue weighted by Gasteiger charge is 2.31. The van der Waals surface area contributed by atoms with Crippen LogP contribution in [0.5, 0.6) is 11.5 Å². The molecule has 1 unspecified atom stereocenters. The maximum absolute atomic E-state index is 12.7. The zero-order valence-electron chi connectivity index (χ0n) is 16.5. The fraction of sp³-hybridized carbons (Fsp3) is 0.350. The van der Waals surface area contributed by atoms with Gasteiger partial charge in [0.2, 0.25) is 0 Å². The molecule has 0 fully saturated rings. The molecule has 0 aliphatic heterocycles. The van der Waals surface area contributed by atoms with Crippen molar-refractivity contribution >= 4 is 23.3 Å². The Hall–Kier alpha value is -2.81. The highest BCUT2D eigenvalue weighted by molar-refractivity contribution is 6.33. The van der Waals surface area contributed by atoms with Crippen LogP contribution in [-0.4, -0.2) is 27.9 Å². The number of ether oxygens (including phenoxy) is 1. The molecular weight excluding hydrogens is 425 g/mol. The Morgan fingerprint density at radius 1 is 1.27 bits per heavy atom. The Morgan fingerprint density at radius 2 is 1.93 bits per heavy atom. The second-order valence-corrected chi connectivity index (χ2v) is 6.68. The zero-order valence-corrected chi connectivity index (χ0v) is 17.2. The van der Waals surface area contributed by atoms with Crippen molar-refractivity contribution in [2.75, 3.05) is 0 Å². The zero-order chi connectivity index (χ0) is 22.5. The van der Waals surface area contributed by atoms with Gasteiger partial charge in [-0.15, -0.1) is 0 Å². The summed E-state index contributed by atoms with van der Waals surface area (Å²) in [6, 6.07) is 4.76. The summed E-state index contributed by atoms with van der Waals surface area (Å²) >= 11 is 5.92. The lowest BCUT2D eigenvalue weighted by atomic mass is 10.1. The first-order valence-electron chi connectivity index (χ1n) is 9.06. The molecule has 162 valence electrons. The van der Waals surface area contributed by atoms with E-state index in [1.54, 1.807) is 0 Å². The summed E-state index contributed by atoms with van der Waals surface area (Å²) in [4.78, 5) is 20.6. The molecule has 1 aromatic carbocycles. The topological polar surface area (TPSA) is 81.0 Å². The van der Waals surface area contributed by atoms with E-state index in [9.17, 15) is 23.1 Å². The van der Waals surface area contributed by atoms with Gasteiger partial charge in [-0.3, -0.25) is 4.98 Å². The minimum absolute atomic E-state index is 0.0265. The van der Waals surface area contributed by atoms with Crippen molar-refractivity contribution in [3.05, 3.63) is 41.0 Å². The van der Waals surface area contributed by atoms with Gasteiger partial charge in [0.05, 0.1) is 22.0 Å². The van der Waals surface area contributed by atoms with Crippen LogP contribution in [0.3, 0.4) is 0 Å². The van der Waals surface area contributed by atoms with Crippen LogP contribution in [0.1, 0.15) is 39.2 Å². The third-order valence-corrected chi connectivity index (χ3v) is 4.41. The van der Waals surface area contributed by atoms with Crippen molar-refractivity contribution in [2.45, 2.75) is 45.9 Å². The van der Waals surface area contributed by atoms with E-state index in [0.717, 1.165) is 6.07 Å². The number of hydrogen-bond donors (Lipinski definition) is 1. The molecule has 2 aromatic rings. The number of pyridine rings is 1. The normalized spacial score (nSPS) is 12.2. The number of nitrogens with zero attached hydrogens (tertiary/aromatic N) is 2. The van der Waals surface area contributed by atoms with Crippen LogP contribution < -0.4 is 4.74 Å². The molecule has 0 aliphatic rings. The van der Waals surface area contributed by atoms with Gasteiger partial charge >= 0.3 is 12.1 Å². The number of carbonyl (C=O) groups is 1. The standard InChI is InChI=1S/C20H20ClF3N2O4/c1-4-14(5-2)26-30-19(28)11(3)29-17-7-6-12(8-16(17)27)18-15(21)9-13(10-25-18)20(22,23)24/h6-11,27H,4-5H2,1-3H3. The third-order valence-electron chi connectivity index (χ3n) is 4.12. The second kappa shape index (κ2) is 9.80. The van der Waals surface area contributed by atoms with Crippen LogP contribution in [0.25, 0.3) is 11.3 Å².